The lowest BCUT2D eigenvalue weighted by molar-refractivity contribution is 0.630. The second-order valence-electron chi connectivity index (χ2n) is 6.13. The quantitative estimate of drug-likeness (QED) is 0.865. The molecule has 2 N–H and O–H groups in total. The van der Waals surface area contributed by atoms with Gasteiger partial charge < -0.3 is 10.6 Å². The Morgan fingerprint density at radius 2 is 1.67 bits per heavy atom. The summed E-state index contributed by atoms with van der Waals surface area (Å²) in [6.45, 7) is 9.41. The normalized spacial score (nSPS) is 11.2. The molecule has 0 radical (unpaired) electrons. The van der Waals surface area contributed by atoms with Crippen LogP contribution in [0.3, 0.4) is 0 Å². The topological polar surface area (TPSA) is 49.8 Å². The van der Waals surface area contributed by atoms with E-state index in [2.05, 4.69) is 48.3 Å². The van der Waals surface area contributed by atoms with Crippen LogP contribution < -0.4 is 10.6 Å². The average molecular weight is 284 g/mol. The molecule has 1 aromatic carbocycles. The minimum Gasteiger partial charge on any atom is -0.370 e. The first-order chi connectivity index (χ1) is 9.98. The van der Waals surface area contributed by atoms with Crippen molar-refractivity contribution in [3.05, 3.63) is 36.4 Å². The van der Waals surface area contributed by atoms with Gasteiger partial charge in [0, 0.05) is 23.7 Å². The van der Waals surface area contributed by atoms with E-state index >= 15 is 0 Å². The van der Waals surface area contributed by atoms with E-state index in [9.17, 15) is 0 Å². The molecule has 1 heterocycles. The fraction of sp³-hybridized carbons (Fsp3) is 0.412. The van der Waals surface area contributed by atoms with E-state index in [4.69, 9.17) is 0 Å². The van der Waals surface area contributed by atoms with Gasteiger partial charge in [0.15, 0.2) is 5.82 Å². The van der Waals surface area contributed by atoms with Gasteiger partial charge in [-0.15, -0.1) is 0 Å². The maximum Gasteiger partial charge on any atom is 0.163 e. The lowest BCUT2D eigenvalue weighted by Gasteiger charge is -2.22. The van der Waals surface area contributed by atoms with Crippen LogP contribution in [0.5, 0.6) is 0 Å². The third-order valence-corrected chi connectivity index (χ3v) is 2.82. The molecule has 0 unspecified atom stereocenters. The molecule has 0 atom stereocenters. The smallest absolute Gasteiger partial charge is 0.163 e. The maximum atomic E-state index is 4.63. The van der Waals surface area contributed by atoms with E-state index in [1.54, 1.807) is 0 Å². The second-order valence-corrected chi connectivity index (χ2v) is 6.13. The van der Waals surface area contributed by atoms with Gasteiger partial charge in [-0.1, -0.05) is 37.3 Å². The van der Waals surface area contributed by atoms with Gasteiger partial charge in [-0.2, -0.15) is 0 Å². The summed E-state index contributed by atoms with van der Waals surface area (Å²) in [4.78, 5) is 9.24. The zero-order chi connectivity index (χ0) is 15.3. The van der Waals surface area contributed by atoms with Crippen LogP contribution >= 0.6 is 0 Å². The van der Waals surface area contributed by atoms with Crippen LogP contribution in [0.4, 0.5) is 11.6 Å². The van der Waals surface area contributed by atoms with Crippen molar-refractivity contribution in [2.24, 2.45) is 0 Å². The van der Waals surface area contributed by atoms with Gasteiger partial charge in [0.2, 0.25) is 0 Å². The van der Waals surface area contributed by atoms with Crippen LogP contribution in [0.15, 0.2) is 36.4 Å². The molecule has 0 saturated carbocycles. The SMILES string of the molecule is CCCNc1cc(NC(C)(C)C)nc(-c2ccccc2)n1. The number of hydrogen-bond donors (Lipinski definition) is 2. The highest BCUT2D eigenvalue weighted by molar-refractivity contribution is 5.61. The number of nitrogens with zero attached hydrogens (tertiary/aromatic N) is 2. The minimum atomic E-state index is -0.0374. The highest BCUT2D eigenvalue weighted by Crippen LogP contribution is 2.22. The fourth-order valence-corrected chi connectivity index (χ4v) is 1.96. The predicted octanol–water partition coefficient (Wildman–Crippen LogP) is 4.18. The minimum absolute atomic E-state index is 0.0374. The molecule has 0 fully saturated rings. The number of benzene rings is 1. The molecule has 0 bridgehead atoms. The van der Waals surface area contributed by atoms with Gasteiger partial charge in [0.1, 0.15) is 11.6 Å². The molecule has 1 aromatic heterocycles. The largest absolute Gasteiger partial charge is 0.370 e. The molecule has 0 aliphatic carbocycles. The molecule has 0 amide bonds. The molecule has 2 aromatic rings. The standard InChI is InChI=1S/C17H24N4/c1-5-11-18-14-12-15(21-17(2,3)4)20-16(19-14)13-9-7-6-8-10-13/h6-10,12H,5,11H2,1-4H3,(H2,18,19,20,21). The molecule has 4 heteroatoms. The molecule has 0 aliphatic rings. The Morgan fingerprint density at radius 3 is 2.29 bits per heavy atom. The molecule has 0 aliphatic heterocycles. The van der Waals surface area contributed by atoms with Crippen molar-refractivity contribution in [2.75, 3.05) is 17.2 Å². The number of rotatable bonds is 5. The van der Waals surface area contributed by atoms with Crippen molar-refractivity contribution in [1.82, 2.24) is 9.97 Å². The average Bonchev–Trinajstić information content (AvgIpc) is 2.44. The van der Waals surface area contributed by atoms with Crippen molar-refractivity contribution in [1.29, 1.82) is 0 Å². The summed E-state index contributed by atoms with van der Waals surface area (Å²) in [5.41, 5.74) is 0.985. The summed E-state index contributed by atoms with van der Waals surface area (Å²) in [6, 6.07) is 12.0. The first kappa shape index (κ1) is 15.3. The van der Waals surface area contributed by atoms with Gasteiger partial charge in [-0.05, 0) is 27.2 Å². The maximum absolute atomic E-state index is 4.63. The summed E-state index contributed by atoms with van der Waals surface area (Å²) in [5.74, 6) is 2.44. The van der Waals surface area contributed by atoms with Crippen LogP contribution in [0, 0.1) is 0 Å². The summed E-state index contributed by atoms with van der Waals surface area (Å²) >= 11 is 0. The van der Waals surface area contributed by atoms with Crippen molar-refractivity contribution in [3.63, 3.8) is 0 Å². The van der Waals surface area contributed by atoms with Crippen LogP contribution in [0.1, 0.15) is 34.1 Å². The van der Waals surface area contributed by atoms with Crippen molar-refractivity contribution < 1.29 is 0 Å². The molecular weight excluding hydrogens is 260 g/mol. The molecular formula is C17H24N4. The van der Waals surface area contributed by atoms with Crippen molar-refractivity contribution in [2.45, 2.75) is 39.7 Å². The van der Waals surface area contributed by atoms with Gasteiger partial charge >= 0.3 is 0 Å². The molecule has 112 valence electrons. The summed E-state index contributed by atoms with van der Waals surface area (Å²) in [7, 11) is 0. The molecule has 0 saturated heterocycles. The second kappa shape index (κ2) is 6.57. The Morgan fingerprint density at radius 1 is 1.00 bits per heavy atom. The van der Waals surface area contributed by atoms with Crippen molar-refractivity contribution in [3.8, 4) is 11.4 Å². The van der Waals surface area contributed by atoms with E-state index in [1.807, 2.05) is 36.4 Å². The Balaban J connectivity index is 2.37. The Kier molecular flexibility index (Phi) is 4.78. The Bertz CT molecular complexity index is 573. The van der Waals surface area contributed by atoms with E-state index in [1.165, 1.54) is 0 Å². The summed E-state index contributed by atoms with van der Waals surface area (Å²) in [6.07, 6.45) is 1.06. The summed E-state index contributed by atoms with van der Waals surface area (Å²) in [5, 5.41) is 6.76. The fourth-order valence-electron chi connectivity index (χ4n) is 1.96. The number of aromatic nitrogens is 2. The molecule has 21 heavy (non-hydrogen) atoms. The summed E-state index contributed by atoms with van der Waals surface area (Å²) < 4.78 is 0. The lowest BCUT2D eigenvalue weighted by Crippen LogP contribution is -2.27. The zero-order valence-electron chi connectivity index (χ0n) is 13.3. The number of anilines is 2. The molecule has 2 rings (SSSR count). The molecule has 4 nitrogen and oxygen atoms in total. The first-order valence-corrected chi connectivity index (χ1v) is 7.44. The third kappa shape index (κ3) is 4.74. The van der Waals surface area contributed by atoms with E-state index in [0.717, 1.165) is 36.0 Å². The lowest BCUT2D eigenvalue weighted by atomic mass is 10.1. The van der Waals surface area contributed by atoms with Crippen LogP contribution in [0.2, 0.25) is 0 Å². The van der Waals surface area contributed by atoms with Crippen LogP contribution in [-0.4, -0.2) is 22.1 Å². The van der Waals surface area contributed by atoms with Gasteiger partial charge in [-0.3, -0.25) is 0 Å². The van der Waals surface area contributed by atoms with E-state index in [0.29, 0.717) is 0 Å². The monoisotopic (exact) mass is 284 g/mol. The number of hydrogen-bond acceptors (Lipinski definition) is 4. The van der Waals surface area contributed by atoms with Crippen LogP contribution in [-0.2, 0) is 0 Å². The molecule has 0 spiro atoms. The van der Waals surface area contributed by atoms with Gasteiger partial charge in [0.05, 0.1) is 0 Å². The van der Waals surface area contributed by atoms with E-state index < -0.39 is 0 Å². The van der Waals surface area contributed by atoms with Gasteiger partial charge in [-0.25, -0.2) is 9.97 Å². The Labute approximate surface area is 127 Å². The predicted molar refractivity (Wildman–Crippen MR) is 89.6 cm³/mol. The number of nitrogens with one attached hydrogen (secondary N) is 2. The zero-order valence-corrected chi connectivity index (χ0v) is 13.3. The van der Waals surface area contributed by atoms with Gasteiger partial charge in [0.25, 0.3) is 0 Å². The Hall–Kier alpha value is -2.10. The van der Waals surface area contributed by atoms with Crippen molar-refractivity contribution >= 4 is 11.6 Å². The highest BCUT2D eigenvalue weighted by Gasteiger charge is 2.13. The third-order valence-electron chi connectivity index (χ3n) is 2.82. The first-order valence-electron chi connectivity index (χ1n) is 7.44. The highest BCUT2D eigenvalue weighted by atomic mass is 15.1. The van der Waals surface area contributed by atoms with E-state index in [-0.39, 0.29) is 5.54 Å². The van der Waals surface area contributed by atoms with Crippen LogP contribution in [0.25, 0.3) is 11.4 Å².